The Bertz CT molecular complexity index is 496. The molecule has 0 spiro atoms. The summed E-state index contributed by atoms with van der Waals surface area (Å²) in [4.78, 5) is 0.374. The molecule has 1 aromatic rings. The molecular formula is C14H18O2S. The Balaban J connectivity index is 2.95. The molecule has 92 valence electrons. The van der Waals surface area contributed by atoms with Crippen LogP contribution < -0.4 is 0 Å². The average Bonchev–Trinajstić information content (AvgIpc) is 2.28. The topological polar surface area (TPSA) is 34.1 Å². The summed E-state index contributed by atoms with van der Waals surface area (Å²) < 4.78 is 24.2. The Morgan fingerprint density at radius 2 is 1.88 bits per heavy atom. The van der Waals surface area contributed by atoms with Crippen LogP contribution in [0.1, 0.15) is 12.5 Å². The standard InChI is InChI=1S/C14H18O2S/c1-4-6-13(5-2)11-17(15,16)14-9-7-12(3)8-10-14/h4-10,13H,2,11H2,1,3H3/b6-4+. The maximum Gasteiger partial charge on any atom is 0.179 e. The van der Waals surface area contributed by atoms with Crippen molar-refractivity contribution in [1.82, 2.24) is 0 Å². The monoisotopic (exact) mass is 250 g/mol. The fourth-order valence-corrected chi connectivity index (χ4v) is 3.04. The normalized spacial score (nSPS) is 13.8. The van der Waals surface area contributed by atoms with Crippen LogP contribution in [0.15, 0.2) is 54.0 Å². The lowest BCUT2D eigenvalue weighted by Crippen LogP contribution is -2.13. The second kappa shape index (κ2) is 5.82. The lowest BCUT2D eigenvalue weighted by atomic mass is 10.2. The molecule has 0 saturated heterocycles. The van der Waals surface area contributed by atoms with E-state index < -0.39 is 9.84 Å². The van der Waals surface area contributed by atoms with Gasteiger partial charge in [0.25, 0.3) is 0 Å². The van der Waals surface area contributed by atoms with Gasteiger partial charge < -0.3 is 0 Å². The fourth-order valence-electron chi connectivity index (χ4n) is 1.54. The van der Waals surface area contributed by atoms with Crippen molar-refractivity contribution in [2.24, 2.45) is 5.92 Å². The molecule has 17 heavy (non-hydrogen) atoms. The van der Waals surface area contributed by atoms with Gasteiger partial charge in [-0.25, -0.2) is 8.42 Å². The third kappa shape index (κ3) is 3.86. The first-order valence-corrected chi connectivity index (χ1v) is 7.19. The van der Waals surface area contributed by atoms with Gasteiger partial charge in [0.15, 0.2) is 9.84 Å². The zero-order valence-electron chi connectivity index (χ0n) is 10.3. The highest BCUT2D eigenvalue weighted by Crippen LogP contribution is 2.16. The molecule has 0 heterocycles. The largest absolute Gasteiger partial charge is 0.224 e. The molecule has 0 radical (unpaired) electrons. The molecule has 1 aromatic carbocycles. The van der Waals surface area contributed by atoms with E-state index in [9.17, 15) is 8.42 Å². The first kappa shape index (κ1) is 13.7. The number of sulfone groups is 1. The molecule has 0 bridgehead atoms. The Hall–Kier alpha value is -1.35. The summed E-state index contributed by atoms with van der Waals surface area (Å²) in [5.74, 6) is -0.0597. The van der Waals surface area contributed by atoms with E-state index in [1.165, 1.54) is 0 Å². The second-order valence-corrected chi connectivity index (χ2v) is 6.05. The highest BCUT2D eigenvalue weighted by Gasteiger charge is 2.17. The zero-order chi connectivity index (χ0) is 12.9. The van der Waals surface area contributed by atoms with Gasteiger partial charge in [0.2, 0.25) is 0 Å². The van der Waals surface area contributed by atoms with Gasteiger partial charge in [-0.15, -0.1) is 6.58 Å². The maximum atomic E-state index is 12.1. The molecule has 1 rings (SSSR count). The van der Waals surface area contributed by atoms with Crippen LogP contribution in [-0.4, -0.2) is 14.2 Å². The Morgan fingerprint density at radius 3 is 2.35 bits per heavy atom. The van der Waals surface area contributed by atoms with Gasteiger partial charge in [-0.2, -0.15) is 0 Å². The van der Waals surface area contributed by atoms with E-state index >= 15 is 0 Å². The third-order valence-corrected chi connectivity index (χ3v) is 4.35. The van der Waals surface area contributed by atoms with Gasteiger partial charge in [0.1, 0.15) is 0 Å². The van der Waals surface area contributed by atoms with Crippen molar-refractivity contribution in [2.45, 2.75) is 18.7 Å². The predicted octanol–water partition coefficient (Wildman–Crippen LogP) is 3.15. The molecular weight excluding hydrogens is 232 g/mol. The summed E-state index contributed by atoms with van der Waals surface area (Å²) >= 11 is 0. The van der Waals surface area contributed by atoms with Crippen LogP contribution in [0, 0.1) is 12.8 Å². The van der Waals surface area contributed by atoms with Crippen molar-refractivity contribution in [3.05, 3.63) is 54.6 Å². The minimum Gasteiger partial charge on any atom is -0.224 e. The van der Waals surface area contributed by atoms with Gasteiger partial charge in [-0.1, -0.05) is 35.9 Å². The average molecular weight is 250 g/mol. The highest BCUT2D eigenvalue weighted by atomic mass is 32.2. The first-order chi connectivity index (χ1) is 7.99. The third-order valence-electron chi connectivity index (χ3n) is 2.53. The van der Waals surface area contributed by atoms with Crippen molar-refractivity contribution in [2.75, 3.05) is 5.75 Å². The van der Waals surface area contributed by atoms with Crippen molar-refractivity contribution in [3.8, 4) is 0 Å². The van der Waals surface area contributed by atoms with Crippen molar-refractivity contribution in [3.63, 3.8) is 0 Å². The first-order valence-electron chi connectivity index (χ1n) is 5.54. The molecule has 0 amide bonds. The molecule has 0 fully saturated rings. The minimum absolute atomic E-state index is 0.0733. The maximum absolute atomic E-state index is 12.1. The van der Waals surface area contributed by atoms with E-state index in [2.05, 4.69) is 6.58 Å². The van der Waals surface area contributed by atoms with E-state index in [1.54, 1.807) is 18.2 Å². The quantitative estimate of drug-likeness (QED) is 0.752. The second-order valence-electron chi connectivity index (χ2n) is 4.02. The van der Waals surface area contributed by atoms with Crippen LogP contribution in [0.3, 0.4) is 0 Å². The van der Waals surface area contributed by atoms with Crippen LogP contribution in [-0.2, 0) is 9.84 Å². The SMILES string of the molecule is C=CC(/C=C/C)CS(=O)(=O)c1ccc(C)cc1. The zero-order valence-corrected chi connectivity index (χ0v) is 11.1. The molecule has 2 nitrogen and oxygen atoms in total. The number of benzene rings is 1. The molecule has 0 aliphatic heterocycles. The molecule has 1 unspecified atom stereocenters. The molecule has 0 aromatic heterocycles. The Morgan fingerprint density at radius 1 is 1.29 bits per heavy atom. The van der Waals surface area contributed by atoms with Gasteiger partial charge in [0, 0.05) is 5.92 Å². The smallest absolute Gasteiger partial charge is 0.179 e. The Labute approximate surface area is 104 Å². The highest BCUT2D eigenvalue weighted by molar-refractivity contribution is 7.91. The van der Waals surface area contributed by atoms with Crippen LogP contribution in [0.4, 0.5) is 0 Å². The van der Waals surface area contributed by atoms with Crippen LogP contribution in [0.25, 0.3) is 0 Å². The fraction of sp³-hybridized carbons (Fsp3) is 0.286. The van der Waals surface area contributed by atoms with E-state index in [-0.39, 0.29) is 11.7 Å². The van der Waals surface area contributed by atoms with Gasteiger partial charge in [-0.3, -0.25) is 0 Å². The predicted molar refractivity (Wildman–Crippen MR) is 71.7 cm³/mol. The van der Waals surface area contributed by atoms with Crippen LogP contribution in [0.5, 0.6) is 0 Å². The summed E-state index contributed by atoms with van der Waals surface area (Å²) in [6.07, 6.45) is 5.35. The number of hydrogen-bond donors (Lipinski definition) is 0. The van der Waals surface area contributed by atoms with Crippen LogP contribution >= 0.6 is 0 Å². The van der Waals surface area contributed by atoms with E-state index in [0.29, 0.717) is 4.90 Å². The molecule has 3 heteroatoms. The summed E-state index contributed by atoms with van der Waals surface area (Å²) in [5, 5.41) is 0. The van der Waals surface area contributed by atoms with Crippen molar-refractivity contribution >= 4 is 9.84 Å². The summed E-state index contributed by atoms with van der Waals surface area (Å²) in [5.41, 5.74) is 1.05. The van der Waals surface area contributed by atoms with Crippen molar-refractivity contribution < 1.29 is 8.42 Å². The van der Waals surface area contributed by atoms with Gasteiger partial charge in [0.05, 0.1) is 10.6 Å². The number of rotatable bonds is 5. The van der Waals surface area contributed by atoms with Crippen molar-refractivity contribution in [1.29, 1.82) is 0 Å². The van der Waals surface area contributed by atoms with Crippen LogP contribution in [0.2, 0.25) is 0 Å². The van der Waals surface area contributed by atoms with E-state index in [0.717, 1.165) is 5.56 Å². The van der Waals surface area contributed by atoms with E-state index in [1.807, 2.05) is 38.1 Å². The lowest BCUT2D eigenvalue weighted by Gasteiger charge is -2.09. The molecule has 0 saturated carbocycles. The molecule has 0 aliphatic rings. The minimum atomic E-state index is -3.23. The Kier molecular flexibility index (Phi) is 4.70. The van der Waals surface area contributed by atoms with Gasteiger partial charge in [-0.05, 0) is 26.0 Å². The molecule has 0 aliphatic carbocycles. The summed E-state index contributed by atoms with van der Waals surface area (Å²) in [7, 11) is -3.23. The summed E-state index contributed by atoms with van der Waals surface area (Å²) in [6.45, 7) is 7.46. The number of allylic oxidation sites excluding steroid dienone is 3. The molecule has 1 atom stereocenters. The van der Waals surface area contributed by atoms with Gasteiger partial charge >= 0.3 is 0 Å². The number of hydrogen-bond acceptors (Lipinski definition) is 2. The van der Waals surface area contributed by atoms with E-state index in [4.69, 9.17) is 0 Å². The number of aryl methyl sites for hydroxylation is 1. The molecule has 0 N–H and O–H groups in total. The summed E-state index contributed by atoms with van der Waals surface area (Å²) in [6, 6.07) is 6.93. The lowest BCUT2D eigenvalue weighted by molar-refractivity contribution is 0.591.